The molecule has 0 atom stereocenters. The van der Waals surface area contributed by atoms with Crippen molar-refractivity contribution in [1.82, 2.24) is 15.0 Å². The van der Waals surface area contributed by atoms with Crippen molar-refractivity contribution in [2.45, 2.75) is 0 Å². The number of furan rings is 1. The van der Waals surface area contributed by atoms with E-state index in [0.29, 0.717) is 11.5 Å². The highest BCUT2D eigenvalue weighted by molar-refractivity contribution is 7.26. The first-order valence-electron chi connectivity index (χ1n) is 14.5. The van der Waals surface area contributed by atoms with Gasteiger partial charge in [0.1, 0.15) is 5.58 Å². The number of para-hydroxylation sites is 1. The Morgan fingerprint density at radius 2 is 1.07 bits per heavy atom. The van der Waals surface area contributed by atoms with Gasteiger partial charge in [0.2, 0.25) is 5.71 Å². The molecule has 0 N–H and O–H groups in total. The van der Waals surface area contributed by atoms with E-state index in [1.165, 1.54) is 15.5 Å². The molecular weight excluding hydrogens is 559 g/mol. The molecule has 4 heterocycles. The average molecular weight is 582 g/mol. The largest absolute Gasteiger partial charge is 0.438 e. The Hall–Kier alpha value is -5.65. The van der Waals surface area contributed by atoms with Gasteiger partial charge in [-0.1, -0.05) is 121 Å². The molecule has 0 aliphatic carbocycles. The molecule has 5 aromatic carbocycles. The van der Waals surface area contributed by atoms with Gasteiger partial charge < -0.3 is 4.42 Å². The van der Waals surface area contributed by atoms with Crippen LogP contribution in [0.25, 0.3) is 87.4 Å². The number of hydrogen-bond acceptors (Lipinski definition) is 5. The van der Waals surface area contributed by atoms with E-state index >= 15 is 0 Å². The number of aromatic nitrogens is 3. The number of benzene rings is 5. The Bertz CT molecular complexity index is 2420. The molecule has 0 saturated carbocycles. The molecule has 0 aliphatic heterocycles. The second-order valence-electron chi connectivity index (χ2n) is 10.8. The van der Waals surface area contributed by atoms with Crippen molar-refractivity contribution in [2.75, 3.05) is 0 Å². The molecule has 0 aliphatic rings. The molecular formula is C39H23N3OS. The van der Waals surface area contributed by atoms with E-state index in [9.17, 15) is 0 Å². The van der Waals surface area contributed by atoms with Gasteiger partial charge in [-0.3, -0.25) is 0 Å². The van der Waals surface area contributed by atoms with Gasteiger partial charge in [-0.05, 0) is 18.2 Å². The maximum Gasteiger partial charge on any atom is 0.228 e. The number of hydrogen-bond donors (Lipinski definition) is 0. The maximum absolute atomic E-state index is 6.32. The fourth-order valence-electron chi connectivity index (χ4n) is 6.03. The van der Waals surface area contributed by atoms with E-state index < -0.39 is 0 Å². The molecule has 9 aromatic rings. The Kier molecular flexibility index (Phi) is 5.64. The maximum atomic E-state index is 6.32. The second-order valence-corrected chi connectivity index (χ2v) is 11.9. The van der Waals surface area contributed by atoms with E-state index in [0.717, 1.165) is 60.4 Å². The third-order valence-electron chi connectivity index (χ3n) is 8.13. The second kappa shape index (κ2) is 9.97. The van der Waals surface area contributed by atoms with Gasteiger partial charge in [-0.15, -0.1) is 11.3 Å². The van der Waals surface area contributed by atoms with E-state index in [1.54, 1.807) is 11.3 Å². The monoisotopic (exact) mass is 581 g/mol. The molecule has 0 saturated heterocycles. The predicted molar refractivity (Wildman–Crippen MR) is 182 cm³/mol. The Morgan fingerprint density at radius 3 is 1.82 bits per heavy atom. The Balaban J connectivity index is 1.22. The Labute approximate surface area is 256 Å². The van der Waals surface area contributed by atoms with Gasteiger partial charge in [0.15, 0.2) is 5.82 Å². The molecule has 0 bridgehead atoms. The molecule has 206 valence electrons. The van der Waals surface area contributed by atoms with Gasteiger partial charge in [0, 0.05) is 43.1 Å². The molecule has 0 unspecified atom stereocenters. The van der Waals surface area contributed by atoms with Crippen LogP contribution in [0.1, 0.15) is 0 Å². The summed E-state index contributed by atoms with van der Waals surface area (Å²) in [6, 6.07) is 47.8. The van der Waals surface area contributed by atoms with Crippen LogP contribution in [0.15, 0.2) is 144 Å². The fourth-order valence-corrected chi connectivity index (χ4v) is 7.25. The van der Waals surface area contributed by atoms with Crippen LogP contribution in [0.3, 0.4) is 0 Å². The number of rotatable bonds is 4. The smallest absolute Gasteiger partial charge is 0.228 e. The van der Waals surface area contributed by atoms with E-state index in [-0.39, 0.29) is 0 Å². The summed E-state index contributed by atoms with van der Waals surface area (Å²) in [5, 5.41) is 4.61. The molecule has 0 spiro atoms. The molecule has 9 rings (SSSR count). The molecule has 0 amide bonds. The van der Waals surface area contributed by atoms with Gasteiger partial charge in [0.25, 0.3) is 0 Å². The lowest BCUT2D eigenvalue weighted by atomic mass is 10.0. The minimum atomic E-state index is 0.664. The quantitative estimate of drug-likeness (QED) is 0.207. The van der Waals surface area contributed by atoms with Gasteiger partial charge in [-0.2, -0.15) is 0 Å². The summed E-state index contributed by atoms with van der Waals surface area (Å²) in [5.41, 5.74) is 8.30. The van der Waals surface area contributed by atoms with Crippen molar-refractivity contribution in [3.05, 3.63) is 140 Å². The molecule has 44 heavy (non-hydrogen) atoms. The van der Waals surface area contributed by atoms with Crippen molar-refractivity contribution in [3.8, 4) is 45.2 Å². The summed E-state index contributed by atoms with van der Waals surface area (Å²) in [7, 11) is 0. The standard InChI is InChI=1S/C39H23N3OS/c1-3-11-24(12-4-1)30-23-31(41-38(40-30)27-13-5-2-6-14-27)25-19-21-26(22-20-25)36-37-34(29-16-8-10-18-33(29)44-37)35-28-15-7-9-17-32(28)43-39(35)42-36/h1-23H. The van der Waals surface area contributed by atoms with Crippen molar-refractivity contribution in [3.63, 3.8) is 0 Å². The number of pyridine rings is 1. The lowest BCUT2D eigenvalue weighted by molar-refractivity contribution is 0.655. The number of nitrogens with zero attached hydrogens (tertiary/aromatic N) is 3. The van der Waals surface area contributed by atoms with Crippen molar-refractivity contribution in [1.29, 1.82) is 0 Å². The average Bonchev–Trinajstić information content (AvgIpc) is 3.67. The van der Waals surface area contributed by atoms with E-state index in [2.05, 4.69) is 78.9 Å². The first-order valence-corrected chi connectivity index (χ1v) is 15.3. The SMILES string of the molecule is c1ccc(-c2cc(-c3ccc(-c4nc5oc6ccccc6c5c5c4sc4ccccc45)cc3)nc(-c3ccccc3)n2)cc1. The van der Waals surface area contributed by atoms with Gasteiger partial charge in [0.05, 0.1) is 27.2 Å². The summed E-state index contributed by atoms with van der Waals surface area (Å²) >= 11 is 1.78. The lowest BCUT2D eigenvalue weighted by Gasteiger charge is -2.10. The minimum Gasteiger partial charge on any atom is -0.438 e. The molecule has 4 nitrogen and oxygen atoms in total. The zero-order valence-electron chi connectivity index (χ0n) is 23.4. The fraction of sp³-hybridized carbons (Fsp3) is 0. The first-order chi connectivity index (χ1) is 21.8. The van der Waals surface area contributed by atoms with Crippen LogP contribution in [-0.2, 0) is 0 Å². The Morgan fingerprint density at radius 1 is 0.477 bits per heavy atom. The van der Waals surface area contributed by atoms with Crippen LogP contribution < -0.4 is 0 Å². The van der Waals surface area contributed by atoms with Crippen LogP contribution in [0, 0.1) is 0 Å². The highest BCUT2D eigenvalue weighted by Crippen LogP contribution is 2.45. The summed E-state index contributed by atoms with van der Waals surface area (Å²) in [6.45, 7) is 0. The summed E-state index contributed by atoms with van der Waals surface area (Å²) in [4.78, 5) is 15.1. The first kappa shape index (κ1) is 24.9. The van der Waals surface area contributed by atoms with Crippen LogP contribution in [-0.4, -0.2) is 15.0 Å². The lowest BCUT2D eigenvalue weighted by Crippen LogP contribution is -1.96. The van der Waals surface area contributed by atoms with Crippen molar-refractivity contribution >= 4 is 53.6 Å². The van der Waals surface area contributed by atoms with Crippen molar-refractivity contribution in [2.24, 2.45) is 0 Å². The van der Waals surface area contributed by atoms with Gasteiger partial charge >= 0.3 is 0 Å². The number of thiophene rings is 1. The highest BCUT2D eigenvalue weighted by atomic mass is 32.1. The van der Waals surface area contributed by atoms with E-state index in [4.69, 9.17) is 19.4 Å². The summed E-state index contributed by atoms with van der Waals surface area (Å²) in [6.07, 6.45) is 0. The summed E-state index contributed by atoms with van der Waals surface area (Å²) in [5.74, 6) is 0.704. The normalized spacial score (nSPS) is 11.6. The zero-order chi connectivity index (χ0) is 29.0. The zero-order valence-corrected chi connectivity index (χ0v) is 24.3. The van der Waals surface area contributed by atoms with Crippen LogP contribution >= 0.6 is 11.3 Å². The third kappa shape index (κ3) is 4.02. The molecule has 0 fully saturated rings. The molecule has 0 radical (unpaired) electrons. The van der Waals surface area contributed by atoms with Crippen molar-refractivity contribution < 1.29 is 4.42 Å². The van der Waals surface area contributed by atoms with Crippen LogP contribution in [0.2, 0.25) is 0 Å². The topological polar surface area (TPSA) is 51.8 Å². The molecule has 4 aromatic heterocycles. The van der Waals surface area contributed by atoms with Gasteiger partial charge in [-0.25, -0.2) is 15.0 Å². The van der Waals surface area contributed by atoms with Crippen LogP contribution in [0.5, 0.6) is 0 Å². The third-order valence-corrected chi connectivity index (χ3v) is 9.31. The summed E-state index contributed by atoms with van der Waals surface area (Å²) < 4.78 is 8.72. The highest BCUT2D eigenvalue weighted by Gasteiger charge is 2.20. The predicted octanol–water partition coefficient (Wildman–Crippen LogP) is 10.8. The minimum absolute atomic E-state index is 0.664. The molecule has 5 heteroatoms. The van der Waals surface area contributed by atoms with Crippen LogP contribution in [0.4, 0.5) is 0 Å². The number of fused-ring (bicyclic) bond motifs is 7. The van der Waals surface area contributed by atoms with E-state index in [1.807, 2.05) is 60.7 Å².